The minimum Gasteiger partial charge on any atom is -0.478 e. The Morgan fingerprint density at radius 3 is 2.89 bits per heavy atom. The fraction of sp³-hybridized carbons (Fsp3) is 0.0769. The molecule has 0 amide bonds. The third kappa shape index (κ3) is 1.91. The Kier molecular flexibility index (Phi) is 3.21. The predicted molar refractivity (Wildman–Crippen MR) is 70.7 cm³/mol. The SMILES string of the molecule is Cl.O=C(O)C1=CN2N=Cc3ccccc3C2C=C1. The molecule has 5 heteroatoms. The monoisotopic (exact) mass is 262 g/mol. The van der Waals surface area contributed by atoms with E-state index in [-0.39, 0.29) is 24.0 Å². The fourth-order valence-corrected chi connectivity index (χ4v) is 2.05. The number of carboxylic acids is 1. The van der Waals surface area contributed by atoms with Crippen molar-refractivity contribution in [3.8, 4) is 0 Å². The van der Waals surface area contributed by atoms with Gasteiger partial charge in [-0.15, -0.1) is 12.4 Å². The van der Waals surface area contributed by atoms with Crippen LogP contribution in [0.3, 0.4) is 0 Å². The first-order chi connectivity index (χ1) is 8.25. The summed E-state index contributed by atoms with van der Waals surface area (Å²) in [5.41, 5.74) is 2.46. The van der Waals surface area contributed by atoms with Crippen molar-refractivity contribution in [2.45, 2.75) is 6.04 Å². The van der Waals surface area contributed by atoms with E-state index in [1.807, 2.05) is 30.3 Å². The summed E-state index contributed by atoms with van der Waals surface area (Å²) in [7, 11) is 0. The topological polar surface area (TPSA) is 52.9 Å². The molecule has 1 aromatic carbocycles. The second kappa shape index (κ2) is 4.66. The van der Waals surface area contributed by atoms with Gasteiger partial charge in [0.2, 0.25) is 0 Å². The lowest BCUT2D eigenvalue weighted by atomic mass is 9.96. The number of hydrogen-bond donors (Lipinski definition) is 1. The fourth-order valence-electron chi connectivity index (χ4n) is 2.05. The van der Waals surface area contributed by atoms with Gasteiger partial charge in [0.25, 0.3) is 0 Å². The van der Waals surface area contributed by atoms with Gasteiger partial charge in [0.15, 0.2) is 0 Å². The number of rotatable bonds is 1. The highest BCUT2D eigenvalue weighted by atomic mass is 35.5. The lowest BCUT2D eigenvalue weighted by molar-refractivity contribution is -0.132. The molecule has 4 nitrogen and oxygen atoms in total. The Bertz CT molecular complexity index is 578. The molecule has 0 bridgehead atoms. The largest absolute Gasteiger partial charge is 0.478 e. The van der Waals surface area contributed by atoms with E-state index < -0.39 is 5.97 Å². The Labute approximate surface area is 110 Å². The molecule has 2 aliphatic heterocycles. The quantitative estimate of drug-likeness (QED) is 0.845. The summed E-state index contributed by atoms with van der Waals surface area (Å²) < 4.78 is 0. The number of halogens is 1. The van der Waals surface area contributed by atoms with Crippen molar-refractivity contribution in [3.63, 3.8) is 0 Å². The highest BCUT2D eigenvalue weighted by molar-refractivity contribution is 5.90. The first kappa shape index (κ1) is 12.4. The molecule has 1 atom stereocenters. The maximum absolute atomic E-state index is 10.9. The van der Waals surface area contributed by atoms with Crippen LogP contribution in [0.4, 0.5) is 0 Å². The van der Waals surface area contributed by atoms with Crippen LogP contribution in [0.1, 0.15) is 17.2 Å². The van der Waals surface area contributed by atoms with Crippen LogP contribution >= 0.6 is 12.4 Å². The van der Waals surface area contributed by atoms with E-state index in [4.69, 9.17) is 5.11 Å². The van der Waals surface area contributed by atoms with Crippen LogP contribution in [0.2, 0.25) is 0 Å². The molecule has 0 fully saturated rings. The molecule has 0 aromatic heterocycles. The molecule has 92 valence electrons. The molecular formula is C13H11ClN2O2. The summed E-state index contributed by atoms with van der Waals surface area (Å²) in [6, 6.07) is 7.97. The molecule has 1 aromatic rings. The second-order valence-corrected chi connectivity index (χ2v) is 3.95. The van der Waals surface area contributed by atoms with Gasteiger partial charge in [0.05, 0.1) is 17.8 Å². The molecule has 0 radical (unpaired) electrons. The van der Waals surface area contributed by atoms with E-state index in [0.29, 0.717) is 0 Å². The number of fused-ring (bicyclic) bond motifs is 3. The van der Waals surface area contributed by atoms with E-state index in [9.17, 15) is 4.79 Å². The average molecular weight is 263 g/mol. The molecule has 0 spiro atoms. The van der Waals surface area contributed by atoms with Crippen molar-refractivity contribution in [1.29, 1.82) is 0 Å². The number of benzene rings is 1. The van der Waals surface area contributed by atoms with Crippen LogP contribution in [0.5, 0.6) is 0 Å². The van der Waals surface area contributed by atoms with E-state index >= 15 is 0 Å². The van der Waals surface area contributed by atoms with E-state index in [2.05, 4.69) is 5.10 Å². The summed E-state index contributed by atoms with van der Waals surface area (Å²) in [6.45, 7) is 0. The van der Waals surface area contributed by atoms with E-state index in [1.54, 1.807) is 23.5 Å². The van der Waals surface area contributed by atoms with Crippen LogP contribution in [0.15, 0.2) is 53.3 Å². The molecule has 0 aliphatic carbocycles. The third-order valence-electron chi connectivity index (χ3n) is 2.91. The maximum atomic E-state index is 10.9. The summed E-state index contributed by atoms with van der Waals surface area (Å²) in [5, 5.41) is 14.8. The van der Waals surface area contributed by atoms with Crippen molar-refractivity contribution in [1.82, 2.24) is 5.01 Å². The van der Waals surface area contributed by atoms with Crippen molar-refractivity contribution >= 4 is 24.6 Å². The van der Waals surface area contributed by atoms with Crippen LogP contribution in [-0.2, 0) is 4.79 Å². The van der Waals surface area contributed by atoms with E-state index in [0.717, 1.165) is 11.1 Å². The molecule has 0 saturated carbocycles. The number of aliphatic carboxylic acids is 1. The summed E-state index contributed by atoms with van der Waals surface area (Å²) in [4.78, 5) is 10.9. The number of carboxylic acid groups (broad SMARTS) is 1. The Hall–Kier alpha value is -2.07. The minimum absolute atomic E-state index is 0. The third-order valence-corrected chi connectivity index (χ3v) is 2.91. The summed E-state index contributed by atoms with van der Waals surface area (Å²) in [5.74, 6) is -0.936. The molecule has 1 unspecified atom stereocenters. The maximum Gasteiger partial charge on any atom is 0.337 e. The van der Waals surface area contributed by atoms with Crippen molar-refractivity contribution in [2.75, 3.05) is 0 Å². The first-order valence-electron chi connectivity index (χ1n) is 5.30. The first-order valence-corrected chi connectivity index (χ1v) is 5.30. The zero-order valence-electron chi connectivity index (χ0n) is 9.35. The predicted octanol–water partition coefficient (Wildman–Crippen LogP) is 2.34. The van der Waals surface area contributed by atoms with Crippen LogP contribution in [0.25, 0.3) is 0 Å². The van der Waals surface area contributed by atoms with Crippen molar-refractivity contribution in [3.05, 3.63) is 59.3 Å². The Morgan fingerprint density at radius 2 is 2.11 bits per heavy atom. The average Bonchev–Trinajstić information content (AvgIpc) is 2.38. The standard InChI is InChI=1S/C13H10N2O2.ClH/c16-13(17)10-5-6-12-11-4-2-1-3-9(11)7-14-15(12)8-10;/h1-8,12H,(H,16,17);1H. The molecule has 1 N–H and O–H groups in total. The van der Waals surface area contributed by atoms with Crippen LogP contribution < -0.4 is 0 Å². The van der Waals surface area contributed by atoms with Gasteiger partial charge in [-0.05, 0) is 11.6 Å². The highest BCUT2D eigenvalue weighted by Gasteiger charge is 2.25. The molecular weight excluding hydrogens is 252 g/mol. The summed E-state index contributed by atoms with van der Waals surface area (Å²) >= 11 is 0. The molecule has 18 heavy (non-hydrogen) atoms. The number of hydrogen-bond acceptors (Lipinski definition) is 3. The lowest BCUT2D eigenvalue weighted by Gasteiger charge is -2.31. The minimum atomic E-state index is -0.936. The van der Waals surface area contributed by atoms with Crippen molar-refractivity contribution < 1.29 is 9.90 Å². The lowest BCUT2D eigenvalue weighted by Crippen LogP contribution is -2.25. The number of nitrogens with zero attached hydrogens (tertiary/aromatic N) is 2. The van der Waals surface area contributed by atoms with Gasteiger partial charge < -0.3 is 5.11 Å². The zero-order valence-corrected chi connectivity index (χ0v) is 10.2. The number of carbonyl (C=O) groups is 1. The normalized spacial score (nSPS) is 19.4. The second-order valence-electron chi connectivity index (χ2n) is 3.95. The molecule has 0 saturated heterocycles. The highest BCUT2D eigenvalue weighted by Crippen LogP contribution is 2.32. The van der Waals surface area contributed by atoms with Gasteiger partial charge in [-0.2, -0.15) is 5.10 Å². The number of hydrazone groups is 1. The molecule has 2 aliphatic rings. The van der Waals surface area contributed by atoms with Crippen LogP contribution in [-0.4, -0.2) is 22.3 Å². The molecule has 2 heterocycles. The van der Waals surface area contributed by atoms with Crippen molar-refractivity contribution in [2.24, 2.45) is 5.10 Å². The summed E-state index contributed by atoms with van der Waals surface area (Å²) in [6.07, 6.45) is 6.79. The van der Waals surface area contributed by atoms with Gasteiger partial charge in [-0.25, -0.2) is 4.79 Å². The van der Waals surface area contributed by atoms with Gasteiger partial charge in [0, 0.05) is 11.8 Å². The van der Waals surface area contributed by atoms with E-state index in [1.165, 1.54) is 0 Å². The zero-order chi connectivity index (χ0) is 11.8. The van der Waals surface area contributed by atoms with Gasteiger partial charge in [0.1, 0.15) is 0 Å². The Morgan fingerprint density at radius 1 is 1.33 bits per heavy atom. The van der Waals surface area contributed by atoms with Gasteiger partial charge in [-0.1, -0.05) is 30.3 Å². The molecule has 3 rings (SSSR count). The van der Waals surface area contributed by atoms with Gasteiger partial charge >= 0.3 is 5.97 Å². The smallest absolute Gasteiger partial charge is 0.337 e. The Balaban J connectivity index is 0.00000120. The van der Waals surface area contributed by atoms with Gasteiger partial charge in [-0.3, -0.25) is 5.01 Å². The van der Waals surface area contributed by atoms with Crippen LogP contribution in [0, 0.1) is 0 Å².